The van der Waals surface area contributed by atoms with E-state index in [0.29, 0.717) is 5.15 Å². The van der Waals surface area contributed by atoms with Crippen molar-refractivity contribution in [3.05, 3.63) is 35.6 Å². The lowest BCUT2D eigenvalue weighted by Gasteiger charge is -2.05. The average molecular weight is 308 g/mol. The molecule has 1 N–H and O–H groups in total. The van der Waals surface area contributed by atoms with E-state index in [2.05, 4.69) is 10.1 Å². The van der Waals surface area contributed by atoms with Crippen LogP contribution in [0, 0.1) is 0 Å². The zero-order valence-electron chi connectivity index (χ0n) is 10.4. The second-order valence-corrected chi connectivity index (χ2v) is 5.79. The van der Waals surface area contributed by atoms with Crippen LogP contribution in [0.3, 0.4) is 0 Å². The largest absolute Gasteiger partial charge is 0.480 e. The molecule has 0 amide bonds. The minimum Gasteiger partial charge on any atom is -0.480 e. The molecule has 0 radical (unpaired) electrons. The molecule has 0 aliphatic heterocycles. The molecule has 20 heavy (non-hydrogen) atoms. The number of aromatic nitrogens is 3. The molecule has 1 unspecified atom stereocenters. The summed E-state index contributed by atoms with van der Waals surface area (Å²) < 4.78 is 2.45. The van der Waals surface area contributed by atoms with Gasteiger partial charge in [0.2, 0.25) is 0 Å². The summed E-state index contributed by atoms with van der Waals surface area (Å²) >= 11 is 7.41. The third kappa shape index (κ3) is 2.28. The summed E-state index contributed by atoms with van der Waals surface area (Å²) in [7, 11) is 0. The Morgan fingerprint density at radius 2 is 2.25 bits per heavy atom. The van der Waals surface area contributed by atoms with Gasteiger partial charge < -0.3 is 5.11 Å². The van der Waals surface area contributed by atoms with Crippen LogP contribution in [-0.2, 0) is 4.79 Å². The fourth-order valence-electron chi connectivity index (χ4n) is 1.82. The molecule has 0 aliphatic rings. The highest BCUT2D eigenvalue weighted by Crippen LogP contribution is 2.32. The molecule has 0 bridgehead atoms. The van der Waals surface area contributed by atoms with E-state index in [0.717, 1.165) is 20.8 Å². The lowest BCUT2D eigenvalue weighted by Crippen LogP contribution is -2.15. The topological polar surface area (TPSA) is 68.0 Å². The smallest absolute Gasteiger partial charge is 0.328 e. The monoisotopic (exact) mass is 307 g/mol. The summed E-state index contributed by atoms with van der Waals surface area (Å²) in [5, 5.41) is 13.7. The third-order valence-corrected chi connectivity index (χ3v) is 4.28. The predicted octanol–water partition coefficient (Wildman–Crippen LogP) is 3.46. The van der Waals surface area contributed by atoms with Gasteiger partial charge in [0.1, 0.15) is 16.9 Å². The molecule has 1 atom stereocenters. The van der Waals surface area contributed by atoms with Gasteiger partial charge in [0, 0.05) is 6.20 Å². The Hall–Kier alpha value is -1.92. The molecular formula is C13H10ClN3O2S. The van der Waals surface area contributed by atoms with Crippen molar-refractivity contribution in [2.45, 2.75) is 13.0 Å². The number of fused-ring (bicyclic) bond motifs is 1. The summed E-state index contributed by atoms with van der Waals surface area (Å²) in [5.41, 5.74) is 1.55. The van der Waals surface area contributed by atoms with Gasteiger partial charge in [-0.3, -0.25) is 4.68 Å². The number of pyridine rings is 1. The van der Waals surface area contributed by atoms with Crippen molar-refractivity contribution in [3.63, 3.8) is 0 Å². The van der Waals surface area contributed by atoms with E-state index in [1.54, 1.807) is 36.6 Å². The van der Waals surface area contributed by atoms with Gasteiger partial charge in [0.05, 0.1) is 15.1 Å². The minimum atomic E-state index is -0.913. The van der Waals surface area contributed by atoms with Gasteiger partial charge in [-0.15, -0.1) is 11.3 Å². The van der Waals surface area contributed by atoms with Crippen LogP contribution in [0.25, 0.3) is 20.8 Å². The Morgan fingerprint density at radius 1 is 1.45 bits per heavy atom. The van der Waals surface area contributed by atoms with Gasteiger partial charge in [-0.2, -0.15) is 5.10 Å². The number of nitrogens with zero attached hydrogens (tertiary/aromatic N) is 3. The maximum atomic E-state index is 10.9. The van der Waals surface area contributed by atoms with Crippen molar-refractivity contribution in [3.8, 4) is 10.6 Å². The molecule has 0 spiro atoms. The first-order chi connectivity index (χ1) is 9.54. The summed E-state index contributed by atoms with van der Waals surface area (Å²) in [6.45, 7) is 1.59. The lowest BCUT2D eigenvalue weighted by molar-refractivity contribution is -0.140. The molecule has 0 aliphatic carbocycles. The molecule has 5 nitrogen and oxygen atoms in total. The molecule has 3 heterocycles. The van der Waals surface area contributed by atoms with Gasteiger partial charge in [0.25, 0.3) is 0 Å². The van der Waals surface area contributed by atoms with Crippen LogP contribution in [-0.4, -0.2) is 25.8 Å². The van der Waals surface area contributed by atoms with Crippen LogP contribution >= 0.6 is 22.9 Å². The van der Waals surface area contributed by atoms with Gasteiger partial charge in [-0.05, 0) is 31.2 Å². The van der Waals surface area contributed by atoms with E-state index in [9.17, 15) is 4.79 Å². The van der Waals surface area contributed by atoms with Crippen LogP contribution in [0.1, 0.15) is 13.0 Å². The van der Waals surface area contributed by atoms with E-state index < -0.39 is 12.0 Å². The number of carbonyl (C=O) groups is 1. The first kappa shape index (κ1) is 13.1. The molecule has 102 valence electrons. The molecule has 0 fully saturated rings. The number of hydrogen-bond acceptors (Lipinski definition) is 4. The highest BCUT2D eigenvalue weighted by atomic mass is 35.5. The average Bonchev–Trinajstić information content (AvgIpc) is 3.02. The Bertz CT molecular complexity index is 796. The van der Waals surface area contributed by atoms with Crippen molar-refractivity contribution in [2.75, 3.05) is 0 Å². The fraction of sp³-hybridized carbons (Fsp3) is 0.154. The number of carboxylic acid groups (broad SMARTS) is 1. The Balaban J connectivity index is 2.01. The normalized spacial score (nSPS) is 12.7. The molecule has 0 aromatic carbocycles. The van der Waals surface area contributed by atoms with Gasteiger partial charge >= 0.3 is 5.97 Å². The van der Waals surface area contributed by atoms with Crippen LogP contribution in [0.15, 0.2) is 30.5 Å². The highest BCUT2D eigenvalue weighted by Gasteiger charge is 2.15. The molecule has 0 saturated carbocycles. The van der Waals surface area contributed by atoms with Crippen LogP contribution < -0.4 is 0 Å². The molecular weight excluding hydrogens is 298 g/mol. The SMILES string of the molecule is CC(C(=O)O)n1ccc(-c2cc3nc(Cl)ccc3s2)n1. The molecule has 3 aromatic rings. The van der Waals surface area contributed by atoms with Crippen LogP contribution in [0.5, 0.6) is 0 Å². The van der Waals surface area contributed by atoms with Gasteiger partial charge in [-0.1, -0.05) is 11.6 Å². The number of halogens is 1. The van der Waals surface area contributed by atoms with E-state index >= 15 is 0 Å². The number of thiophene rings is 1. The Morgan fingerprint density at radius 3 is 3.00 bits per heavy atom. The maximum absolute atomic E-state index is 10.9. The van der Waals surface area contributed by atoms with E-state index in [4.69, 9.17) is 16.7 Å². The van der Waals surface area contributed by atoms with Crippen molar-refractivity contribution in [2.24, 2.45) is 0 Å². The highest BCUT2D eigenvalue weighted by molar-refractivity contribution is 7.22. The Kier molecular flexibility index (Phi) is 3.19. The van der Waals surface area contributed by atoms with Gasteiger partial charge in [0.15, 0.2) is 0 Å². The molecule has 0 saturated heterocycles. The fourth-order valence-corrected chi connectivity index (χ4v) is 2.94. The van der Waals surface area contributed by atoms with Crippen molar-refractivity contribution in [1.29, 1.82) is 0 Å². The van der Waals surface area contributed by atoms with Crippen molar-refractivity contribution >= 4 is 39.1 Å². The molecule has 3 aromatic heterocycles. The van der Waals surface area contributed by atoms with Crippen LogP contribution in [0.4, 0.5) is 0 Å². The molecule has 3 rings (SSSR count). The number of rotatable bonds is 3. The van der Waals surface area contributed by atoms with Crippen LogP contribution in [0.2, 0.25) is 5.15 Å². The van der Waals surface area contributed by atoms with E-state index in [1.165, 1.54) is 4.68 Å². The zero-order valence-corrected chi connectivity index (χ0v) is 12.0. The first-order valence-corrected chi connectivity index (χ1v) is 7.08. The minimum absolute atomic E-state index is 0.451. The summed E-state index contributed by atoms with van der Waals surface area (Å²) in [6, 6.07) is 6.67. The second-order valence-electron chi connectivity index (χ2n) is 4.32. The quantitative estimate of drug-likeness (QED) is 0.752. The Labute approximate surface area is 123 Å². The van der Waals surface area contributed by atoms with E-state index in [-0.39, 0.29) is 0 Å². The van der Waals surface area contributed by atoms with E-state index in [1.807, 2.05) is 12.1 Å². The van der Waals surface area contributed by atoms with Crippen molar-refractivity contribution < 1.29 is 9.90 Å². The maximum Gasteiger partial charge on any atom is 0.328 e. The lowest BCUT2D eigenvalue weighted by atomic mass is 10.3. The third-order valence-electron chi connectivity index (χ3n) is 2.95. The number of hydrogen-bond donors (Lipinski definition) is 1. The second kappa shape index (κ2) is 4.88. The zero-order chi connectivity index (χ0) is 14.3. The predicted molar refractivity (Wildman–Crippen MR) is 78.2 cm³/mol. The summed E-state index contributed by atoms with van der Waals surface area (Å²) in [6.07, 6.45) is 1.67. The number of aliphatic carboxylic acids is 1. The van der Waals surface area contributed by atoms with Gasteiger partial charge in [-0.25, -0.2) is 9.78 Å². The molecule has 7 heteroatoms. The first-order valence-electron chi connectivity index (χ1n) is 5.89. The summed E-state index contributed by atoms with van der Waals surface area (Å²) in [4.78, 5) is 16.1. The standard InChI is InChI=1S/C13H10ClN3O2S/c1-7(13(18)19)17-5-4-8(16-17)11-6-9-10(20-11)2-3-12(14)15-9/h2-7H,1H3,(H,18,19). The number of carboxylic acids is 1. The van der Waals surface area contributed by atoms with Crippen molar-refractivity contribution in [1.82, 2.24) is 14.8 Å². The summed E-state index contributed by atoms with van der Waals surface area (Å²) in [5.74, 6) is -0.913.